The Hall–Kier alpha value is -2.36. The second-order valence-corrected chi connectivity index (χ2v) is 7.24. The summed E-state index contributed by atoms with van der Waals surface area (Å²) in [6, 6.07) is 8.72. The molecule has 1 heterocycles. The average molecular weight is 368 g/mol. The van der Waals surface area contributed by atoms with Gasteiger partial charge >= 0.3 is 4.87 Å². The molecule has 0 saturated heterocycles. The summed E-state index contributed by atoms with van der Waals surface area (Å²) in [6.07, 6.45) is 0. The van der Waals surface area contributed by atoms with Crippen LogP contribution < -0.4 is 10.0 Å². The van der Waals surface area contributed by atoms with E-state index in [1.807, 2.05) is 0 Å². The summed E-state index contributed by atoms with van der Waals surface area (Å²) in [5.74, 6) is -1.55. The number of thiazole rings is 1. The summed E-state index contributed by atoms with van der Waals surface area (Å²) in [6.45, 7) is 0. The normalized spacial score (nSPS) is 11.6. The van der Waals surface area contributed by atoms with Crippen molar-refractivity contribution >= 4 is 21.4 Å². The number of benzene rings is 2. The van der Waals surface area contributed by atoms with Crippen molar-refractivity contribution in [1.82, 2.24) is 4.57 Å². The molecule has 0 aliphatic heterocycles. The summed E-state index contributed by atoms with van der Waals surface area (Å²) in [5.41, 5.74) is 0.866. The number of hydrogen-bond acceptors (Lipinski definition) is 4. The Balaban J connectivity index is 2.19. The molecule has 2 aromatic carbocycles. The molecule has 0 spiro atoms. The van der Waals surface area contributed by atoms with Crippen molar-refractivity contribution < 1.29 is 17.2 Å². The summed E-state index contributed by atoms with van der Waals surface area (Å²) in [5, 5.41) is 6.41. The lowest BCUT2D eigenvalue weighted by Crippen LogP contribution is -2.14. The van der Waals surface area contributed by atoms with E-state index in [4.69, 9.17) is 5.14 Å². The molecule has 3 aromatic rings. The van der Waals surface area contributed by atoms with Gasteiger partial charge in [-0.25, -0.2) is 22.3 Å². The van der Waals surface area contributed by atoms with Crippen LogP contribution in [-0.2, 0) is 10.0 Å². The minimum absolute atomic E-state index is 0.266. The second kappa shape index (κ2) is 5.93. The molecule has 1 aromatic heterocycles. The zero-order valence-corrected chi connectivity index (χ0v) is 13.6. The molecular formula is C15H10F2N2O3S2. The van der Waals surface area contributed by atoms with Crippen LogP contribution >= 0.6 is 11.3 Å². The standard InChI is InChI=1S/C15H10F2N2O3S2/c16-10-2-1-3-11(7-10)19-13(8-23-15(19)20)9-4-5-14(12(17)6-9)24(18,21)22/h1-8H,(H2,18,21,22). The Labute approximate surface area is 139 Å². The van der Waals surface area contributed by atoms with E-state index in [0.717, 1.165) is 23.5 Å². The topological polar surface area (TPSA) is 82.2 Å². The highest BCUT2D eigenvalue weighted by Crippen LogP contribution is 2.26. The lowest BCUT2D eigenvalue weighted by molar-refractivity contribution is 0.568. The minimum Gasteiger partial charge on any atom is -0.267 e. The number of hydrogen-bond donors (Lipinski definition) is 1. The molecule has 24 heavy (non-hydrogen) atoms. The van der Waals surface area contributed by atoms with E-state index < -0.39 is 26.6 Å². The first kappa shape index (κ1) is 16.5. The van der Waals surface area contributed by atoms with Crippen LogP contribution in [0.25, 0.3) is 16.9 Å². The molecule has 0 aliphatic rings. The van der Waals surface area contributed by atoms with Gasteiger partial charge in [-0.1, -0.05) is 23.5 Å². The van der Waals surface area contributed by atoms with Gasteiger partial charge in [0, 0.05) is 10.9 Å². The van der Waals surface area contributed by atoms with E-state index in [0.29, 0.717) is 5.69 Å². The number of rotatable bonds is 3. The smallest absolute Gasteiger partial charge is 0.267 e. The molecule has 3 rings (SSSR count). The van der Waals surface area contributed by atoms with E-state index in [1.54, 1.807) is 0 Å². The third-order valence-corrected chi connectivity index (χ3v) is 4.96. The molecule has 124 valence electrons. The minimum atomic E-state index is -4.19. The number of sulfonamides is 1. The molecule has 0 fully saturated rings. The van der Waals surface area contributed by atoms with Gasteiger partial charge in [-0.3, -0.25) is 9.36 Å². The number of halogens is 2. The highest BCUT2D eigenvalue weighted by atomic mass is 32.2. The molecule has 0 aliphatic carbocycles. The van der Waals surface area contributed by atoms with Crippen LogP contribution in [0.4, 0.5) is 8.78 Å². The molecule has 2 N–H and O–H groups in total. The molecule has 0 amide bonds. The Morgan fingerprint density at radius 3 is 2.46 bits per heavy atom. The van der Waals surface area contributed by atoms with Gasteiger partial charge in [0.1, 0.15) is 16.5 Å². The molecule has 0 unspecified atom stereocenters. The maximum Gasteiger partial charge on any atom is 0.312 e. The van der Waals surface area contributed by atoms with E-state index >= 15 is 0 Å². The lowest BCUT2D eigenvalue weighted by atomic mass is 10.1. The first-order chi connectivity index (χ1) is 11.3. The van der Waals surface area contributed by atoms with Crippen LogP contribution in [0.15, 0.2) is 57.5 Å². The Bertz CT molecular complexity index is 1090. The molecule has 5 nitrogen and oxygen atoms in total. The highest BCUT2D eigenvalue weighted by Gasteiger charge is 2.17. The van der Waals surface area contributed by atoms with Gasteiger partial charge in [-0.15, -0.1) is 0 Å². The molecule has 9 heteroatoms. The van der Waals surface area contributed by atoms with Crippen LogP contribution in [0.3, 0.4) is 0 Å². The third-order valence-electron chi connectivity index (χ3n) is 3.30. The molecule has 0 saturated carbocycles. The maximum atomic E-state index is 14.0. The zero-order chi connectivity index (χ0) is 17.5. The maximum absolute atomic E-state index is 14.0. The Morgan fingerprint density at radius 1 is 1.08 bits per heavy atom. The number of nitrogens with two attached hydrogens (primary N) is 1. The first-order valence-corrected chi connectivity index (χ1v) is 8.99. The summed E-state index contributed by atoms with van der Waals surface area (Å²) >= 11 is 0.862. The van der Waals surface area contributed by atoms with E-state index in [2.05, 4.69) is 0 Å². The van der Waals surface area contributed by atoms with Gasteiger partial charge in [-0.2, -0.15) is 0 Å². The van der Waals surface area contributed by atoms with Crippen LogP contribution in [0.1, 0.15) is 0 Å². The molecular weight excluding hydrogens is 358 g/mol. The van der Waals surface area contributed by atoms with Crippen LogP contribution in [0, 0.1) is 11.6 Å². The number of aromatic nitrogens is 1. The predicted molar refractivity (Wildman–Crippen MR) is 86.6 cm³/mol. The van der Waals surface area contributed by atoms with Crippen LogP contribution in [0.5, 0.6) is 0 Å². The van der Waals surface area contributed by atoms with Gasteiger partial charge in [-0.05, 0) is 30.3 Å². The van der Waals surface area contributed by atoms with Crippen molar-refractivity contribution in [3.05, 3.63) is 69.1 Å². The van der Waals surface area contributed by atoms with E-state index in [1.165, 1.54) is 40.3 Å². The van der Waals surface area contributed by atoms with Crippen molar-refractivity contribution in [2.24, 2.45) is 5.14 Å². The fourth-order valence-corrected chi connectivity index (χ4v) is 3.61. The fourth-order valence-electron chi connectivity index (χ4n) is 2.26. The monoisotopic (exact) mass is 368 g/mol. The van der Waals surface area contributed by atoms with Crippen molar-refractivity contribution in [2.75, 3.05) is 0 Å². The molecule has 0 bridgehead atoms. The van der Waals surface area contributed by atoms with Crippen molar-refractivity contribution in [3.8, 4) is 16.9 Å². The Morgan fingerprint density at radius 2 is 1.83 bits per heavy atom. The van der Waals surface area contributed by atoms with Crippen molar-refractivity contribution in [1.29, 1.82) is 0 Å². The highest BCUT2D eigenvalue weighted by molar-refractivity contribution is 7.89. The Kier molecular flexibility index (Phi) is 4.08. The van der Waals surface area contributed by atoms with Crippen LogP contribution in [0.2, 0.25) is 0 Å². The SMILES string of the molecule is NS(=O)(=O)c1ccc(-c2csc(=O)n2-c2cccc(F)c2)cc1F. The van der Waals surface area contributed by atoms with Gasteiger partial charge in [0.05, 0.1) is 11.4 Å². The van der Waals surface area contributed by atoms with Crippen LogP contribution in [-0.4, -0.2) is 13.0 Å². The zero-order valence-electron chi connectivity index (χ0n) is 11.9. The van der Waals surface area contributed by atoms with Gasteiger partial charge in [0.2, 0.25) is 10.0 Å². The fraction of sp³-hybridized carbons (Fsp3) is 0. The summed E-state index contributed by atoms with van der Waals surface area (Å²) in [4.78, 5) is 11.1. The van der Waals surface area contributed by atoms with Crippen molar-refractivity contribution in [3.63, 3.8) is 0 Å². The van der Waals surface area contributed by atoms with Gasteiger partial charge in [0.25, 0.3) is 0 Å². The third kappa shape index (κ3) is 3.01. The molecule has 0 atom stereocenters. The average Bonchev–Trinajstić information content (AvgIpc) is 2.87. The first-order valence-electron chi connectivity index (χ1n) is 6.56. The number of primary sulfonamides is 1. The predicted octanol–water partition coefficient (Wildman–Crippen LogP) is 2.49. The second-order valence-electron chi connectivity index (χ2n) is 4.89. The summed E-state index contributed by atoms with van der Waals surface area (Å²) < 4.78 is 51.2. The van der Waals surface area contributed by atoms with Gasteiger partial charge < -0.3 is 0 Å². The van der Waals surface area contributed by atoms with Crippen molar-refractivity contribution in [2.45, 2.75) is 4.90 Å². The molecule has 0 radical (unpaired) electrons. The largest absolute Gasteiger partial charge is 0.312 e. The number of nitrogens with zero attached hydrogens (tertiary/aromatic N) is 1. The van der Waals surface area contributed by atoms with Gasteiger partial charge in [0.15, 0.2) is 0 Å². The summed E-state index contributed by atoms with van der Waals surface area (Å²) in [7, 11) is -4.19. The quantitative estimate of drug-likeness (QED) is 0.771. The lowest BCUT2D eigenvalue weighted by Gasteiger charge is -2.09. The van der Waals surface area contributed by atoms with E-state index in [-0.39, 0.29) is 16.1 Å². The van der Waals surface area contributed by atoms with E-state index in [9.17, 15) is 22.0 Å².